The molecule has 33 heavy (non-hydrogen) atoms. The van der Waals surface area contributed by atoms with E-state index in [9.17, 15) is 4.79 Å². The van der Waals surface area contributed by atoms with Crippen LogP contribution in [0.5, 0.6) is 5.75 Å². The van der Waals surface area contributed by atoms with Crippen LogP contribution >= 0.6 is 0 Å². The van der Waals surface area contributed by atoms with Crippen molar-refractivity contribution in [2.45, 2.75) is 44.9 Å². The number of anilines is 1. The number of carbonyl (C=O) groups excluding carboxylic acids is 1. The summed E-state index contributed by atoms with van der Waals surface area (Å²) < 4.78 is 6.21. The van der Waals surface area contributed by atoms with Crippen LogP contribution in [-0.2, 0) is 4.79 Å². The van der Waals surface area contributed by atoms with Crippen molar-refractivity contribution in [3.63, 3.8) is 0 Å². The van der Waals surface area contributed by atoms with Gasteiger partial charge in [-0.25, -0.2) is 0 Å². The summed E-state index contributed by atoms with van der Waals surface area (Å²) in [4.78, 5) is 19.6. The highest BCUT2D eigenvalue weighted by Gasteiger charge is 2.23. The van der Waals surface area contributed by atoms with Gasteiger partial charge >= 0.3 is 0 Å². The molecule has 4 rings (SSSR count). The van der Waals surface area contributed by atoms with Crippen molar-refractivity contribution in [1.82, 2.24) is 9.80 Å². The summed E-state index contributed by atoms with van der Waals surface area (Å²) in [5.74, 6) is 1.87. The lowest BCUT2D eigenvalue weighted by atomic mass is 9.89. The number of amides is 1. The quantitative estimate of drug-likeness (QED) is 0.547. The number of benzene rings is 2. The molecular formula is C28H39N3O2. The molecule has 2 fully saturated rings. The molecule has 2 aromatic rings. The minimum atomic E-state index is 0.301. The predicted octanol–water partition coefficient (Wildman–Crippen LogP) is 4.70. The van der Waals surface area contributed by atoms with Gasteiger partial charge < -0.3 is 19.4 Å². The first-order valence-electron chi connectivity index (χ1n) is 12.6. The van der Waals surface area contributed by atoms with E-state index in [-0.39, 0.29) is 0 Å². The molecule has 5 nitrogen and oxygen atoms in total. The van der Waals surface area contributed by atoms with Crippen molar-refractivity contribution in [3.05, 3.63) is 59.7 Å². The lowest BCUT2D eigenvalue weighted by Gasteiger charge is -2.35. The number of rotatable bonds is 8. The van der Waals surface area contributed by atoms with Crippen LogP contribution in [0.3, 0.4) is 0 Å². The standard InChI is InChI=1S/C28H39N3O2/c1-23-9-8-12-26(28(23)31-20-18-29(2)19-21-31)33-22-7-6-13-27(32)30-16-14-25(15-17-30)24-10-4-3-5-11-24/h3-5,8-12,25H,6-7,13-22H2,1-2H3. The molecule has 2 aliphatic heterocycles. The van der Waals surface area contributed by atoms with E-state index >= 15 is 0 Å². The van der Waals surface area contributed by atoms with Crippen molar-refractivity contribution in [3.8, 4) is 5.75 Å². The fraction of sp³-hybridized carbons (Fsp3) is 0.536. The SMILES string of the molecule is Cc1cccc(OCCCCC(=O)N2CCC(c3ccccc3)CC2)c1N1CCN(C)CC1. The molecule has 2 saturated heterocycles. The van der Waals surface area contributed by atoms with Gasteiger partial charge in [-0.1, -0.05) is 42.5 Å². The Balaban J connectivity index is 1.18. The molecule has 0 unspecified atom stereocenters. The lowest BCUT2D eigenvalue weighted by Crippen LogP contribution is -2.44. The molecule has 0 atom stereocenters. The topological polar surface area (TPSA) is 36.0 Å². The zero-order chi connectivity index (χ0) is 23.0. The van der Waals surface area contributed by atoms with E-state index in [1.165, 1.54) is 16.8 Å². The largest absolute Gasteiger partial charge is 0.491 e. The van der Waals surface area contributed by atoms with Crippen LogP contribution in [0.4, 0.5) is 5.69 Å². The van der Waals surface area contributed by atoms with Gasteiger partial charge in [-0.3, -0.25) is 4.79 Å². The van der Waals surface area contributed by atoms with Gasteiger partial charge in [-0.15, -0.1) is 0 Å². The Labute approximate surface area is 199 Å². The zero-order valence-electron chi connectivity index (χ0n) is 20.3. The number of piperazine rings is 1. The average molecular weight is 450 g/mol. The van der Waals surface area contributed by atoms with Crippen LogP contribution in [-0.4, -0.2) is 68.6 Å². The van der Waals surface area contributed by atoms with Crippen molar-refractivity contribution in [2.75, 3.05) is 57.8 Å². The molecule has 2 aromatic carbocycles. The molecule has 0 saturated carbocycles. The normalized spacial score (nSPS) is 17.9. The second-order valence-electron chi connectivity index (χ2n) is 9.58. The Morgan fingerprint density at radius 1 is 0.909 bits per heavy atom. The van der Waals surface area contributed by atoms with Crippen LogP contribution in [0.1, 0.15) is 49.1 Å². The zero-order valence-corrected chi connectivity index (χ0v) is 20.3. The molecule has 2 aliphatic rings. The molecule has 5 heteroatoms. The number of carbonyl (C=O) groups is 1. The molecule has 0 aromatic heterocycles. The third-order valence-corrected chi connectivity index (χ3v) is 7.18. The first kappa shape index (κ1) is 23.6. The molecule has 178 valence electrons. The number of hydrogen-bond acceptors (Lipinski definition) is 4. The van der Waals surface area contributed by atoms with Gasteiger partial charge in [0.15, 0.2) is 0 Å². The Morgan fingerprint density at radius 3 is 2.36 bits per heavy atom. The highest BCUT2D eigenvalue weighted by Crippen LogP contribution is 2.33. The van der Waals surface area contributed by atoms with E-state index in [4.69, 9.17) is 4.74 Å². The summed E-state index contributed by atoms with van der Waals surface area (Å²) in [6, 6.07) is 17.0. The van der Waals surface area contributed by atoms with Gasteiger partial charge in [-0.05, 0) is 62.8 Å². The Hall–Kier alpha value is -2.53. The lowest BCUT2D eigenvalue weighted by molar-refractivity contribution is -0.132. The number of piperidine rings is 1. The van der Waals surface area contributed by atoms with Crippen LogP contribution in [0.2, 0.25) is 0 Å². The van der Waals surface area contributed by atoms with Gasteiger partial charge in [0.1, 0.15) is 5.75 Å². The maximum atomic E-state index is 12.7. The molecule has 0 bridgehead atoms. The van der Waals surface area contributed by atoms with E-state index in [1.807, 2.05) is 0 Å². The van der Waals surface area contributed by atoms with Gasteiger partial charge in [0, 0.05) is 45.7 Å². The van der Waals surface area contributed by atoms with Gasteiger partial charge in [0.2, 0.25) is 5.91 Å². The van der Waals surface area contributed by atoms with E-state index in [2.05, 4.69) is 77.2 Å². The number of hydrogen-bond donors (Lipinski definition) is 0. The second kappa shape index (κ2) is 11.6. The molecule has 2 heterocycles. The van der Waals surface area contributed by atoms with Crippen molar-refractivity contribution >= 4 is 11.6 Å². The molecule has 0 radical (unpaired) electrons. The Morgan fingerprint density at radius 2 is 1.64 bits per heavy atom. The fourth-order valence-electron chi connectivity index (χ4n) is 5.09. The molecule has 1 amide bonds. The van der Waals surface area contributed by atoms with E-state index in [0.717, 1.165) is 70.7 Å². The van der Waals surface area contributed by atoms with Gasteiger partial charge in [-0.2, -0.15) is 0 Å². The molecular weight excluding hydrogens is 410 g/mol. The summed E-state index contributed by atoms with van der Waals surface area (Å²) in [5.41, 5.74) is 3.92. The predicted molar refractivity (Wildman–Crippen MR) is 135 cm³/mol. The summed E-state index contributed by atoms with van der Waals surface area (Å²) in [7, 11) is 2.18. The smallest absolute Gasteiger partial charge is 0.222 e. The maximum absolute atomic E-state index is 12.7. The fourth-order valence-corrected chi connectivity index (χ4v) is 5.09. The van der Waals surface area contributed by atoms with Crippen LogP contribution in [0, 0.1) is 6.92 Å². The van der Waals surface area contributed by atoms with Crippen molar-refractivity contribution in [2.24, 2.45) is 0 Å². The summed E-state index contributed by atoms with van der Waals surface area (Å²) in [5, 5.41) is 0. The first-order valence-corrected chi connectivity index (χ1v) is 12.6. The third kappa shape index (κ3) is 6.29. The monoisotopic (exact) mass is 449 g/mol. The highest BCUT2D eigenvalue weighted by molar-refractivity contribution is 5.76. The Kier molecular flexibility index (Phi) is 8.27. The van der Waals surface area contributed by atoms with Crippen LogP contribution < -0.4 is 9.64 Å². The van der Waals surface area contributed by atoms with Crippen LogP contribution in [0.25, 0.3) is 0 Å². The highest BCUT2D eigenvalue weighted by atomic mass is 16.5. The van der Waals surface area contributed by atoms with E-state index in [1.54, 1.807) is 0 Å². The number of nitrogens with zero attached hydrogens (tertiary/aromatic N) is 3. The van der Waals surface area contributed by atoms with Crippen LogP contribution in [0.15, 0.2) is 48.5 Å². The minimum absolute atomic E-state index is 0.301. The molecule has 0 aliphatic carbocycles. The summed E-state index contributed by atoms with van der Waals surface area (Å²) in [6.45, 7) is 8.82. The number of likely N-dealkylation sites (N-methyl/N-ethyl adjacent to an activating group) is 1. The number of likely N-dealkylation sites (tertiary alicyclic amines) is 1. The number of para-hydroxylation sites is 1. The maximum Gasteiger partial charge on any atom is 0.222 e. The Bertz CT molecular complexity index is 885. The number of ether oxygens (including phenoxy) is 1. The summed E-state index contributed by atoms with van der Waals surface area (Å²) in [6.07, 6.45) is 4.55. The number of aryl methyl sites for hydroxylation is 1. The average Bonchev–Trinajstić information content (AvgIpc) is 2.85. The van der Waals surface area contributed by atoms with Crippen molar-refractivity contribution < 1.29 is 9.53 Å². The number of unbranched alkanes of at least 4 members (excludes halogenated alkanes) is 1. The van der Waals surface area contributed by atoms with E-state index in [0.29, 0.717) is 24.9 Å². The van der Waals surface area contributed by atoms with E-state index < -0.39 is 0 Å². The first-order chi connectivity index (χ1) is 16.1. The minimum Gasteiger partial charge on any atom is -0.491 e. The van der Waals surface area contributed by atoms with Gasteiger partial charge in [0.05, 0.1) is 12.3 Å². The van der Waals surface area contributed by atoms with Gasteiger partial charge in [0.25, 0.3) is 0 Å². The second-order valence-corrected chi connectivity index (χ2v) is 9.58. The third-order valence-electron chi connectivity index (χ3n) is 7.18. The van der Waals surface area contributed by atoms with Crippen molar-refractivity contribution in [1.29, 1.82) is 0 Å². The molecule has 0 N–H and O–H groups in total. The molecule has 0 spiro atoms. The summed E-state index contributed by atoms with van der Waals surface area (Å²) >= 11 is 0.